The van der Waals surface area contributed by atoms with Crippen molar-refractivity contribution in [3.8, 4) is 16.9 Å². The van der Waals surface area contributed by atoms with Crippen molar-refractivity contribution in [1.29, 1.82) is 0 Å². The normalized spacial score (nSPS) is 11.7. The first-order chi connectivity index (χ1) is 19.3. The van der Waals surface area contributed by atoms with Gasteiger partial charge in [-0.05, 0) is 36.1 Å². The molecule has 10 heteroatoms. The van der Waals surface area contributed by atoms with Gasteiger partial charge in [-0.2, -0.15) is 0 Å². The van der Waals surface area contributed by atoms with Gasteiger partial charge in [-0.15, -0.1) is 28.1 Å². The van der Waals surface area contributed by atoms with Crippen LogP contribution < -0.4 is 10.1 Å². The Balaban J connectivity index is 1.45. The Morgan fingerprint density at radius 2 is 1.82 bits per heavy atom. The van der Waals surface area contributed by atoms with Gasteiger partial charge in [0.05, 0.1) is 12.9 Å². The smallest absolute Gasteiger partial charge is 0.341 e. The van der Waals surface area contributed by atoms with Crippen LogP contribution in [0.4, 0.5) is 5.00 Å². The number of carbonyl (C=O) groups is 2. The van der Waals surface area contributed by atoms with E-state index >= 15 is 0 Å². The molecule has 1 amide bonds. The van der Waals surface area contributed by atoms with Crippen LogP contribution in [0.5, 0.6) is 5.75 Å². The van der Waals surface area contributed by atoms with E-state index < -0.39 is 5.97 Å². The molecular formula is C30H32N4O4S2. The summed E-state index contributed by atoms with van der Waals surface area (Å²) in [5.74, 6) is 1.10. The lowest BCUT2D eigenvalue weighted by molar-refractivity contribution is -0.113. The number of esters is 1. The van der Waals surface area contributed by atoms with Gasteiger partial charge in [-0.25, -0.2) is 4.79 Å². The second-order valence-electron chi connectivity index (χ2n) is 9.27. The monoisotopic (exact) mass is 576 g/mol. The van der Waals surface area contributed by atoms with Crippen LogP contribution in [0.15, 0.2) is 77.8 Å². The average Bonchev–Trinajstić information content (AvgIpc) is 3.56. The summed E-state index contributed by atoms with van der Waals surface area (Å²) in [6.45, 7) is 10.5. The first kappa shape index (κ1) is 29.1. The largest absolute Gasteiger partial charge is 0.483 e. The van der Waals surface area contributed by atoms with E-state index in [1.807, 2.05) is 59.3 Å². The number of hydrogen-bond donors (Lipinski definition) is 1. The zero-order valence-corrected chi connectivity index (χ0v) is 24.6. The molecule has 1 unspecified atom stereocenters. The van der Waals surface area contributed by atoms with Gasteiger partial charge in [-0.3, -0.25) is 9.36 Å². The van der Waals surface area contributed by atoms with Crippen molar-refractivity contribution < 1.29 is 19.1 Å². The molecule has 8 nitrogen and oxygen atoms in total. The summed E-state index contributed by atoms with van der Waals surface area (Å²) < 4.78 is 13.0. The molecular weight excluding hydrogens is 544 g/mol. The number of ether oxygens (including phenoxy) is 2. The highest BCUT2D eigenvalue weighted by molar-refractivity contribution is 7.99. The number of rotatable bonds is 12. The van der Waals surface area contributed by atoms with Crippen LogP contribution in [0.1, 0.15) is 54.5 Å². The summed E-state index contributed by atoms with van der Waals surface area (Å²) in [7, 11) is 1.33. The van der Waals surface area contributed by atoms with Crippen LogP contribution in [0.3, 0.4) is 0 Å². The molecule has 0 radical (unpaired) electrons. The number of nitrogens with one attached hydrogen (secondary N) is 1. The van der Waals surface area contributed by atoms with E-state index in [4.69, 9.17) is 9.47 Å². The van der Waals surface area contributed by atoms with Crippen LogP contribution in [0, 0.1) is 0 Å². The Hall–Kier alpha value is -3.89. The topological polar surface area (TPSA) is 95.3 Å². The molecule has 0 fully saturated rings. The summed E-state index contributed by atoms with van der Waals surface area (Å²) >= 11 is 2.53. The zero-order chi connectivity index (χ0) is 28.6. The molecule has 0 bridgehead atoms. The number of nitrogens with zero attached hydrogens (tertiary/aromatic N) is 3. The number of thioether (sulfide) groups is 1. The molecule has 2 aromatic heterocycles. The third-order valence-electron chi connectivity index (χ3n) is 6.13. The minimum Gasteiger partial charge on any atom is -0.483 e. The zero-order valence-electron chi connectivity index (χ0n) is 22.9. The van der Waals surface area contributed by atoms with Crippen LogP contribution in [0.2, 0.25) is 0 Å². The molecule has 4 rings (SSSR count). The average molecular weight is 577 g/mol. The standard InChI is InChI=1S/C30H32N4O4S2/c1-6-16-34-27(20(4)38-23-14-12-21(13-15-23)19(2)3)32-33-30(34)40-18-25(35)31-28-26(29(36)37-5)24(17-39-28)22-10-8-7-9-11-22/h6-15,17,19-20H,1,16,18H2,2-5H3,(H,31,35). The molecule has 2 heterocycles. The highest BCUT2D eigenvalue weighted by atomic mass is 32.2. The van der Waals surface area contributed by atoms with E-state index in [0.29, 0.717) is 39.6 Å². The molecule has 0 aliphatic rings. The Labute approximate surface area is 242 Å². The fourth-order valence-corrected chi connectivity index (χ4v) is 5.80. The fourth-order valence-electron chi connectivity index (χ4n) is 4.07. The minimum atomic E-state index is -0.508. The first-order valence-electron chi connectivity index (χ1n) is 12.8. The van der Waals surface area contributed by atoms with Gasteiger partial charge in [0.25, 0.3) is 0 Å². The lowest BCUT2D eigenvalue weighted by Gasteiger charge is -2.16. The molecule has 0 saturated heterocycles. The van der Waals surface area contributed by atoms with E-state index in [2.05, 4.69) is 48.1 Å². The maximum Gasteiger partial charge on any atom is 0.341 e. The number of hydrogen-bond acceptors (Lipinski definition) is 8. The summed E-state index contributed by atoms with van der Waals surface area (Å²) in [5, 5.41) is 14.4. The fraction of sp³-hybridized carbons (Fsp3) is 0.267. The number of thiophene rings is 1. The van der Waals surface area contributed by atoms with Crippen LogP contribution in [-0.4, -0.2) is 39.5 Å². The maximum atomic E-state index is 12.9. The van der Waals surface area contributed by atoms with Crippen molar-refractivity contribution in [2.75, 3.05) is 18.2 Å². The lowest BCUT2D eigenvalue weighted by Crippen LogP contribution is -2.17. The van der Waals surface area contributed by atoms with Crippen molar-refractivity contribution in [3.63, 3.8) is 0 Å². The van der Waals surface area contributed by atoms with Gasteiger partial charge in [0.15, 0.2) is 17.1 Å². The lowest BCUT2D eigenvalue weighted by atomic mass is 10.0. The maximum absolute atomic E-state index is 12.9. The molecule has 4 aromatic rings. The summed E-state index contributed by atoms with van der Waals surface area (Å²) in [6.07, 6.45) is 1.38. The summed E-state index contributed by atoms with van der Waals surface area (Å²) in [4.78, 5) is 25.5. The van der Waals surface area contributed by atoms with E-state index in [1.54, 1.807) is 6.08 Å². The second-order valence-corrected chi connectivity index (χ2v) is 11.1. The SMILES string of the molecule is C=CCn1c(SCC(=O)Nc2scc(-c3ccccc3)c2C(=O)OC)nnc1C(C)Oc1ccc(C(C)C)cc1. The number of amides is 1. The predicted molar refractivity (Wildman–Crippen MR) is 160 cm³/mol. The van der Waals surface area contributed by atoms with Crippen molar-refractivity contribution in [2.24, 2.45) is 0 Å². The predicted octanol–water partition coefficient (Wildman–Crippen LogP) is 6.97. The van der Waals surface area contributed by atoms with E-state index in [0.717, 1.165) is 11.3 Å². The molecule has 0 aliphatic heterocycles. The molecule has 1 N–H and O–H groups in total. The van der Waals surface area contributed by atoms with Gasteiger partial charge in [0.2, 0.25) is 5.91 Å². The Morgan fingerprint density at radius 1 is 1.10 bits per heavy atom. The molecule has 0 saturated carbocycles. The van der Waals surface area contributed by atoms with Gasteiger partial charge in [-0.1, -0.05) is 74.1 Å². The second kappa shape index (κ2) is 13.5. The molecule has 0 aliphatic carbocycles. The van der Waals surface area contributed by atoms with Gasteiger partial charge < -0.3 is 14.8 Å². The van der Waals surface area contributed by atoms with Gasteiger partial charge in [0, 0.05) is 17.5 Å². The Morgan fingerprint density at radius 3 is 2.48 bits per heavy atom. The summed E-state index contributed by atoms with van der Waals surface area (Å²) in [5.41, 5.74) is 3.15. The number of aromatic nitrogens is 3. The number of benzene rings is 2. The van der Waals surface area contributed by atoms with E-state index in [1.165, 1.54) is 35.8 Å². The Bertz CT molecular complexity index is 1460. The number of anilines is 1. The summed E-state index contributed by atoms with van der Waals surface area (Å²) in [6, 6.07) is 17.5. The molecule has 208 valence electrons. The Kier molecular flexibility index (Phi) is 9.79. The van der Waals surface area contributed by atoms with Gasteiger partial charge in [0.1, 0.15) is 16.3 Å². The van der Waals surface area contributed by atoms with Crippen LogP contribution >= 0.6 is 23.1 Å². The first-order valence-corrected chi connectivity index (χ1v) is 14.7. The number of allylic oxidation sites excluding steroid dienone is 1. The van der Waals surface area contributed by atoms with Crippen LogP contribution in [0.25, 0.3) is 11.1 Å². The highest BCUT2D eigenvalue weighted by Gasteiger charge is 2.23. The molecule has 40 heavy (non-hydrogen) atoms. The number of carbonyl (C=O) groups excluding carboxylic acids is 2. The van der Waals surface area contributed by atoms with E-state index in [9.17, 15) is 9.59 Å². The van der Waals surface area contributed by atoms with Gasteiger partial charge >= 0.3 is 5.97 Å². The minimum absolute atomic E-state index is 0.0698. The molecule has 2 aromatic carbocycles. The third-order valence-corrected chi connectivity index (χ3v) is 7.99. The quantitative estimate of drug-likeness (QED) is 0.110. The van der Waals surface area contributed by atoms with Crippen molar-refractivity contribution in [1.82, 2.24) is 14.8 Å². The molecule has 1 atom stereocenters. The van der Waals surface area contributed by atoms with Crippen LogP contribution in [-0.2, 0) is 16.1 Å². The van der Waals surface area contributed by atoms with Crippen molar-refractivity contribution >= 4 is 40.0 Å². The number of methoxy groups -OCH3 is 1. The highest BCUT2D eigenvalue weighted by Crippen LogP contribution is 2.36. The third kappa shape index (κ3) is 6.81. The van der Waals surface area contributed by atoms with Crippen molar-refractivity contribution in [2.45, 2.75) is 44.5 Å². The van der Waals surface area contributed by atoms with Crippen molar-refractivity contribution in [3.05, 3.63) is 89.6 Å². The molecule has 0 spiro atoms. The van der Waals surface area contributed by atoms with E-state index in [-0.39, 0.29) is 17.8 Å².